The molecule has 10 heteroatoms. The average molecular weight is 460 g/mol. The molecular formula is C23H33N5O5. The van der Waals surface area contributed by atoms with Crippen molar-refractivity contribution in [2.24, 2.45) is 0 Å². The number of carbonyl (C=O) groups is 3. The van der Waals surface area contributed by atoms with E-state index in [9.17, 15) is 14.4 Å². The fraction of sp³-hybridized carbons (Fsp3) is 0.739. The molecule has 5 rings (SSSR count). The maximum Gasteiger partial charge on any atom is 0.274 e. The number of likely N-dealkylation sites (tertiary alicyclic amines) is 1. The quantitative estimate of drug-likeness (QED) is 0.727. The Bertz CT molecular complexity index is 939. The highest BCUT2D eigenvalue weighted by molar-refractivity contribution is 6.01. The van der Waals surface area contributed by atoms with Crippen molar-refractivity contribution in [1.82, 2.24) is 24.9 Å². The van der Waals surface area contributed by atoms with Gasteiger partial charge in [-0.05, 0) is 19.8 Å². The van der Waals surface area contributed by atoms with E-state index in [1.165, 1.54) is 16.0 Å². The molecule has 1 spiro atoms. The molecular weight excluding hydrogens is 426 g/mol. The first-order valence-electron chi connectivity index (χ1n) is 12.1. The smallest absolute Gasteiger partial charge is 0.274 e. The molecule has 1 aliphatic carbocycles. The number of carbonyl (C=O) groups excluding carboxylic acids is 3. The Morgan fingerprint density at radius 2 is 1.79 bits per heavy atom. The molecule has 0 unspecified atom stereocenters. The number of fused-ring (bicyclic) bond motifs is 1. The fourth-order valence-electron chi connectivity index (χ4n) is 5.42. The van der Waals surface area contributed by atoms with Crippen LogP contribution in [0.15, 0.2) is 6.07 Å². The van der Waals surface area contributed by atoms with Crippen LogP contribution in [0.4, 0.5) is 0 Å². The van der Waals surface area contributed by atoms with Gasteiger partial charge < -0.3 is 24.6 Å². The Morgan fingerprint density at radius 3 is 2.45 bits per heavy atom. The van der Waals surface area contributed by atoms with E-state index in [-0.39, 0.29) is 36.0 Å². The number of amides is 3. The number of hydrogen-bond acceptors (Lipinski definition) is 6. The molecule has 2 saturated heterocycles. The molecule has 4 heterocycles. The van der Waals surface area contributed by atoms with Gasteiger partial charge in [0.05, 0.1) is 19.8 Å². The third kappa shape index (κ3) is 3.93. The second-order valence-electron chi connectivity index (χ2n) is 9.92. The van der Waals surface area contributed by atoms with E-state index >= 15 is 0 Å². The second kappa shape index (κ2) is 8.39. The average Bonchev–Trinajstić information content (AvgIpc) is 3.45. The Hall–Kier alpha value is -2.46. The molecule has 1 aromatic rings. The Morgan fingerprint density at radius 1 is 1.12 bits per heavy atom. The van der Waals surface area contributed by atoms with Crippen molar-refractivity contribution in [2.45, 2.75) is 75.8 Å². The number of rotatable bonds is 3. The predicted molar refractivity (Wildman–Crippen MR) is 118 cm³/mol. The van der Waals surface area contributed by atoms with Crippen LogP contribution in [0.3, 0.4) is 0 Å². The zero-order valence-corrected chi connectivity index (χ0v) is 19.5. The van der Waals surface area contributed by atoms with E-state index < -0.39 is 11.3 Å². The number of nitrogens with one attached hydrogen (secondary N) is 1. The Labute approximate surface area is 193 Å². The summed E-state index contributed by atoms with van der Waals surface area (Å²) in [6.45, 7) is 4.17. The topological polar surface area (TPSA) is 106 Å². The van der Waals surface area contributed by atoms with Gasteiger partial charge in [0.25, 0.3) is 11.8 Å². The van der Waals surface area contributed by atoms with Crippen LogP contribution < -0.4 is 5.32 Å². The SMILES string of the molecule is CN1C(=O)c2cc(C(=O)N3CCC4(CC3)OCCO4)nn2C[C@@]1(C)C(=O)NC1CCCCC1. The van der Waals surface area contributed by atoms with Gasteiger partial charge in [0.15, 0.2) is 11.5 Å². The monoisotopic (exact) mass is 459 g/mol. The van der Waals surface area contributed by atoms with Crippen LogP contribution in [0, 0.1) is 0 Å². The van der Waals surface area contributed by atoms with Gasteiger partial charge in [0.1, 0.15) is 11.2 Å². The van der Waals surface area contributed by atoms with Gasteiger partial charge in [-0.1, -0.05) is 19.3 Å². The molecule has 1 N–H and O–H groups in total. The predicted octanol–water partition coefficient (Wildman–Crippen LogP) is 1.16. The molecule has 0 radical (unpaired) electrons. The van der Waals surface area contributed by atoms with E-state index in [0.717, 1.165) is 25.7 Å². The van der Waals surface area contributed by atoms with Gasteiger partial charge in [0, 0.05) is 45.1 Å². The second-order valence-corrected chi connectivity index (χ2v) is 9.92. The zero-order valence-electron chi connectivity index (χ0n) is 19.5. The molecule has 10 nitrogen and oxygen atoms in total. The molecule has 1 aromatic heterocycles. The lowest BCUT2D eigenvalue weighted by molar-refractivity contribution is -0.181. The minimum Gasteiger partial charge on any atom is -0.351 e. The zero-order chi connectivity index (χ0) is 23.2. The summed E-state index contributed by atoms with van der Waals surface area (Å²) in [6.07, 6.45) is 6.60. The number of ether oxygens (including phenoxy) is 2. The van der Waals surface area contributed by atoms with Crippen LogP contribution in [0.1, 0.15) is 72.8 Å². The molecule has 33 heavy (non-hydrogen) atoms. The first-order chi connectivity index (χ1) is 15.8. The normalized spacial score (nSPS) is 27.6. The lowest BCUT2D eigenvalue weighted by Crippen LogP contribution is -2.63. The summed E-state index contributed by atoms with van der Waals surface area (Å²) in [4.78, 5) is 42.7. The molecule has 0 bridgehead atoms. The van der Waals surface area contributed by atoms with E-state index in [0.29, 0.717) is 44.8 Å². The molecule has 3 fully saturated rings. The molecule has 3 aliphatic heterocycles. The highest BCUT2D eigenvalue weighted by Crippen LogP contribution is 2.32. The Balaban J connectivity index is 1.30. The summed E-state index contributed by atoms with van der Waals surface area (Å²) in [7, 11) is 1.65. The molecule has 3 amide bonds. The summed E-state index contributed by atoms with van der Waals surface area (Å²) in [5.74, 6) is -1.25. The van der Waals surface area contributed by atoms with Crippen LogP contribution in [-0.4, -0.2) is 88.0 Å². The van der Waals surface area contributed by atoms with Crippen molar-refractivity contribution in [3.8, 4) is 0 Å². The van der Waals surface area contributed by atoms with E-state index in [1.807, 2.05) is 0 Å². The third-order valence-electron chi connectivity index (χ3n) is 7.78. The van der Waals surface area contributed by atoms with Crippen molar-refractivity contribution in [1.29, 1.82) is 0 Å². The van der Waals surface area contributed by atoms with Gasteiger partial charge in [-0.3, -0.25) is 19.1 Å². The minimum absolute atomic E-state index is 0.151. The molecule has 1 atom stereocenters. The van der Waals surface area contributed by atoms with Gasteiger partial charge in [-0.2, -0.15) is 5.10 Å². The largest absolute Gasteiger partial charge is 0.351 e. The Kier molecular flexibility index (Phi) is 5.68. The maximum atomic E-state index is 13.2. The van der Waals surface area contributed by atoms with Gasteiger partial charge in [-0.25, -0.2) is 0 Å². The molecule has 180 valence electrons. The van der Waals surface area contributed by atoms with E-state index in [2.05, 4.69) is 10.4 Å². The summed E-state index contributed by atoms with van der Waals surface area (Å²) in [6, 6.07) is 1.70. The lowest BCUT2D eigenvalue weighted by Gasteiger charge is -2.41. The standard InChI is InChI=1S/C23H33N5O5/c1-22(21(31)24-16-6-4-3-5-7-16)15-28-18(20(30)26(22)2)14-17(25-28)19(29)27-10-8-23(9-11-27)32-12-13-33-23/h14,16H,3-13,15H2,1-2H3,(H,24,31)/t22-/m0/s1. The van der Waals surface area contributed by atoms with E-state index in [4.69, 9.17) is 9.47 Å². The van der Waals surface area contributed by atoms with Crippen molar-refractivity contribution >= 4 is 17.7 Å². The van der Waals surface area contributed by atoms with Crippen LogP contribution in [0.5, 0.6) is 0 Å². The summed E-state index contributed by atoms with van der Waals surface area (Å²) in [5, 5.41) is 7.60. The lowest BCUT2D eigenvalue weighted by atomic mass is 9.92. The van der Waals surface area contributed by atoms with Gasteiger partial charge in [0.2, 0.25) is 5.91 Å². The van der Waals surface area contributed by atoms with Crippen molar-refractivity contribution in [2.75, 3.05) is 33.4 Å². The van der Waals surface area contributed by atoms with Crippen molar-refractivity contribution in [3.63, 3.8) is 0 Å². The number of piperidine rings is 1. The number of aromatic nitrogens is 2. The highest BCUT2D eigenvalue weighted by atomic mass is 16.7. The summed E-state index contributed by atoms with van der Waals surface area (Å²) in [5.41, 5.74) is -0.504. The highest BCUT2D eigenvalue weighted by Gasteiger charge is 2.47. The minimum atomic E-state index is -1.07. The number of nitrogens with zero attached hydrogens (tertiary/aromatic N) is 4. The van der Waals surface area contributed by atoms with E-state index in [1.54, 1.807) is 24.9 Å². The molecule has 1 saturated carbocycles. The summed E-state index contributed by atoms with van der Waals surface area (Å²) < 4.78 is 13.0. The molecule has 4 aliphatic rings. The van der Waals surface area contributed by atoms with Gasteiger partial charge >= 0.3 is 0 Å². The third-order valence-corrected chi connectivity index (χ3v) is 7.78. The van der Waals surface area contributed by atoms with Crippen molar-refractivity contribution in [3.05, 3.63) is 17.5 Å². The first kappa shape index (κ1) is 22.3. The number of hydrogen-bond donors (Lipinski definition) is 1. The van der Waals surface area contributed by atoms with Crippen LogP contribution in [0.2, 0.25) is 0 Å². The number of likely N-dealkylation sites (N-methyl/N-ethyl adjacent to an activating group) is 1. The van der Waals surface area contributed by atoms with Crippen molar-refractivity contribution < 1.29 is 23.9 Å². The fourth-order valence-corrected chi connectivity index (χ4v) is 5.42. The van der Waals surface area contributed by atoms with Crippen LogP contribution in [0.25, 0.3) is 0 Å². The van der Waals surface area contributed by atoms with Gasteiger partial charge in [-0.15, -0.1) is 0 Å². The summed E-state index contributed by atoms with van der Waals surface area (Å²) >= 11 is 0. The molecule has 0 aromatic carbocycles. The van der Waals surface area contributed by atoms with Crippen LogP contribution in [-0.2, 0) is 20.8 Å². The first-order valence-corrected chi connectivity index (χ1v) is 12.1. The van der Waals surface area contributed by atoms with Crippen LogP contribution >= 0.6 is 0 Å². The maximum absolute atomic E-state index is 13.2.